The number of phosphoric ester groups is 1. The molecule has 0 aliphatic carbocycles. The fourth-order valence-electron chi connectivity index (χ4n) is 4.06. The second-order valence-corrected chi connectivity index (χ2v) is 8.28. The number of H-pyrrole nitrogens is 1. The average Bonchev–Trinajstić information content (AvgIpc) is 3.20. The van der Waals surface area contributed by atoms with E-state index in [0.29, 0.717) is 25.9 Å². The number of ether oxygens (including phenoxy) is 2. The largest absolute Gasteiger partial charge is 0.472 e. The quantitative estimate of drug-likeness (QED) is 0.592. The lowest BCUT2D eigenvalue weighted by atomic mass is 9.84. The molecule has 2 aliphatic heterocycles. The van der Waals surface area contributed by atoms with Crippen LogP contribution in [0.2, 0.25) is 0 Å². The standard InChI is InChI=1S/C15H22N5O7P/c1-3-8-15(27-28(22,23)24-2)5-4-6-25-10(15)13(26-8)20-7-17-9-11(20)18-14(16)19-12(9)21/h7-8,10,13H,3-6H2,1-2H3,(H,22,23)(H3,16,18,19,21)/t8?,10?,13-,15?/m1/s1. The molecule has 0 bridgehead atoms. The van der Waals surface area contributed by atoms with Crippen LogP contribution in [-0.2, 0) is 23.1 Å². The summed E-state index contributed by atoms with van der Waals surface area (Å²) in [4.78, 5) is 32.7. The molecule has 12 nitrogen and oxygen atoms in total. The van der Waals surface area contributed by atoms with Gasteiger partial charge in [0.05, 0.1) is 12.4 Å². The lowest BCUT2D eigenvalue weighted by Crippen LogP contribution is -2.53. The van der Waals surface area contributed by atoms with E-state index >= 15 is 0 Å². The monoisotopic (exact) mass is 415 g/mol. The van der Waals surface area contributed by atoms with Crippen LogP contribution in [0.3, 0.4) is 0 Å². The smallest absolute Gasteiger partial charge is 0.370 e. The number of nitrogen functional groups attached to an aromatic ring is 1. The molecule has 0 aromatic carbocycles. The number of hydrogen-bond donors (Lipinski definition) is 3. The van der Waals surface area contributed by atoms with Crippen molar-refractivity contribution in [1.82, 2.24) is 19.5 Å². The van der Waals surface area contributed by atoms with Crippen molar-refractivity contribution >= 4 is 24.9 Å². The van der Waals surface area contributed by atoms with Crippen LogP contribution in [0.5, 0.6) is 0 Å². The second-order valence-electron chi connectivity index (χ2n) is 6.79. The van der Waals surface area contributed by atoms with Gasteiger partial charge in [0.2, 0.25) is 5.95 Å². The number of aromatic amines is 1. The fourth-order valence-corrected chi connectivity index (χ4v) is 4.87. The highest BCUT2D eigenvalue weighted by Gasteiger charge is 2.62. The normalized spacial score (nSPS) is 32.3. The van der Waals surface area contributed by atoms with Crippen molar-refractivity contribution in [1.29, 1.82) is 0 Å². The van der Waals surface area contributed by atoms with Gasteiger partial charge in [-0.05, 0) is 19.3 Å². The summed E-state index contributed by atoms with van der Waals surface area (Å²) < 4.78 is 36.2. The average molecular weight is 415 g/mol. The van der Waals surface area contributed by atoms with E-state index in [1.165, 1.54) is 6.33 Å². The Labute approximate surface area is 159 Å². The van der Waals surface area contributed by atoms with Crippen molar-refractivity contribution in [3.05, 3.63) is 16.7 Å². The van der Waals surface area contributed by atoms with Gasteiger partial charge in [-0.1, -0.05) is 6.92 Å². The van der Waals surface area contributed by atoms with E-state index in [1.54, 1.807) is 4.57 Å². The summed E-state index contributed by atoms with van der Waals surface area (Å²) in [7, 11) is -3.21. The Morgan fingerprint density at radius 1 is 1.57 bits per heavy atom. The van der Waals surface area contributed by atoms with E-state index in [0.717, 1.165) is 7.11 Å². The number of fused-ring (bicyclic) bond motifs is 2. The van der Waals surface area contributed by atoms with Gasteiger partial charge in [0.25, 0.3) is 5.56 Å². The SMILES string of the molecule is CCC1O[C@@H](n2cnc3c(=O)[nH]c(N)nc32)C2OCCCC12OP(=O)(O)OC. The van der Waals surface area contributed by atoms with Gasteiger partial charge in [-0.2, -0.15) is 4.98 Å². The molecule has 4 rings (SSSR count). The molecule has 2 aromatic heterocycles. The fraction of sp³-hybridized carbons (Fsp3) is 0.667. The van der Waals surface area contributed by atoms with Crippen LogP contribution < -0.4 is 11.3 Å². The van der Waals surface area contributed by atoms with Crippen molar-refractivity contribution in [2.24, 2.45) is 0 Å². The van der Waals surface area contributed by atoms with Crippen molar-refractivity contribution < 1.29 is 28.0 Å². The summed E-state index contributed by atoms with van der Waals surface area (Å²) in [5, 5.41) is 0. The Morgan fingerprint density at radius 3 is 3.07 bits per heavy atom. The third-order valence-electron chi connectivity index (χ3n) is 5.21. The Kier molecular flexibility index (Phi) is 4.81. The van der Waals surface area contributed by atoms with E-state index in [-0.39, 0.29) is 17.1 Å². The van der Waals surface area contributed by atoms with Gasteiger partial charge in [0.1, 0.15) is 11.7 Å². The highest BCUT2D eigenvalue weighted by molar-refractivity contribution is 7.47. The maximum atomic E-state index is 12.3. The molecule has 0 radical (unpaired) electrons. The van der Waals surface area contributed by atoms with Gasteiger partial charge in [-0.3, -0.25) is 23.4 Å². The van der Waals surface area contributed by atoms with E-state index in [9.17, 15) is 14.3 Å². The number of hydrogen-bond acceptors (Lipinski definition) is 9. The summed E-state index contributed by atoms with van der Waals surface area (Å²) >= 11 is 0. The van der Waals surface area contributed by atoms with E-state index in [4.69, 9.17) is 19.7 Å². The highest BCUT2D eigenvalue weighted by Crippen LogP contribution is 2.57. The molecule has 5 atom stereocenters. The van der Waals surface area contributed by atoms with Crippen molar-refractivity contribution in [2.75, 3.05) is 19.5 Å². The second kappa shape index (κ2) is 6.90. The van der Waals surface area contributed by atoms with Crippen molar-refractivity contribution in [3.63, 3.8) is 0 Å². The molecule has 0 amide bonds. The summed E-state index contributed by atoms with van der Waals surface area (Å²) in [5.41, 5.74) is 4.33. The number of imidazole rings is 1. The summed E-state index contributed by atoms with van der Waals surface area (Å²) in [6, 6.07) is 0. The first-order valence-electron chi connectivity index (χ1n) is 8.90. The van der Waals surface area contributed by atoms with Gasteiger partial charge in [-0.15, -0.1) is 0 Å². The van der Waals surface area contributed by atoms with Crippen LogP contribution in [0.15, 0.2) is 11.1 Å². The zero-order valence-electron chi connectivity index (χ0n) is 15.4. The summed E-state index contributed by atoms with van der Waals surface area (Å²) in [6.07, 6.45) is 0.929. The first-order chi connectivity index (χ1) is 13.3. The van der Waals surface area contributed by atoms with Gasteiger partial charge in [0, 0.05) is 13.7 Å². The number of anilines is 1. The molecule has 2 saturated heterocycles. The molecule has 4 heterocycles. The molecule has 28 heavy (non-hydrogen) atoms. The van der Waals surface area contributed by atoms with Crippen LogP contribution in [0.1, 0.15) is 32.4 Å². The number of nitrogens with zero attached hydrogens (tertiary/aromatic N) is 3. The minimum atomic E-state index is -4.31. The van der Waals surface area contributed by atoms with Crippen LogP contribution >= 0.6 is 7.82 Å². The third-order valence-corrected chi connectivity index (χ3v) is 6.24. The van der Waals surface area contributed by atoms with E-state index in [1.807, 2.05) is 6.92 Å². The molecule has 2 aromatic rings. The summed E-state index contributed by atoms with van der Waals surface area (Å²) in [6.45, 7) is 2.31. The van der Waals surface area contributed by atoms with Crippen LogP contribution in [0, 0.1) is 0 Å². The van der Waals surface area contributed by atoms with Crippen LogP contribution in [-0.4, -0.2) is 55.9 Å². The predicted octanol–water partition coefficient (Wildman–Crippen LogP) is 0.690. The molecule has 2 fully saturated rings. The summed E-state index contributed by atoms with van der Waals surface area (Å²) in [5.74, 6) is -0.0596. The molecule has 0 saturated carbocycles. The first-order valence-corrected chi connectivity index (χ1v) is 10.4. The minimum absolute atomic E-state index is 0.0596. The van der Waals surface area contributed by atoms with Crippen molar-refractivity contribution in [3.8, 4) is 0 Å². The van der Waals surface area contributed by atoms with E-state index < -0.39 is 37.4 Å². The van der Waals surface area contributed by atoms with E-state index in [2.05, 4.69) is 19.5 Å². The zero-order chi connectivity index (χ0) is 20.1. The Bertz CT molecular complexity index is 993. The number of rotatable bonds is 5. The Morgan fingerprint density at radius 2 is 2.36 bits per heavy atom. The third kappa shape index (κ3) is 2.97. The molecule has 4 N–H and O–H groups in total. The number of phosphoric acid groups is 1. The Balaban J connectivity index is 1.82. The number of nitrogens with one attached hydrogen (secondary N) is 1. The molecular formula is C15H22N5O7P. The molecule has 4 unspecified atom stereocenters. The van der Waals surface area contributed by atoms with Gasteiger partial charge in [-0.25, -0.2) is 9.55 Å². The van der Waals surface area contributed by atoms with Crippen LogP contribution in [0.4, 0.5) is 5.95 Å². The molecule has 2 aliphatic rings. The first kappa shape index (κ1) is 19.5. The maximum Gasteiger partial charge on any atom is 0.472 e. The molecule has 0 spiro atoms. The maximum absolute atomic E-state index is 12.3. The lowest BCUT2D eigenvalue weighted by molar-refractivity contribution is -0.137. The Hall–Kier alpha value is -1.82. The van der Waals surface area contributed by atoms with Crippen LogP contribution in [0.25, 0.3) is 11.2 Å². The van der Waals surface area contributed by atoms with Gasteiger partial charge in [0.15, 0.2) is 17.4 Å². The number of nitrogens with two attached hydrogens (primary N) is 1. The highest BCUT2D eigenvalue weighted by atomic mass is 31.2. The molecule has 154 valence electrons. The minimum Gasteiger partial charge on any atom is -0.370 e. The lowest BCUT2D eigenvalue weighted by Gasteiger charge is -2.41. The topological polar surface area (TPSA) is 164 Å². The number of aromatic nitrogens is 4. The zero-order valence-corrected chi connectivity index (χ0v) is 16.3. The molecule has 13 heteroatoms. The predicted molar refractivity (Wildman–Crippen MR) is 96.4 cm³/mol. The van der Waals surface area contributed by atoms with Gasteiger partial charge < -0.3 is 20.1 Å². The van der Waals surface area contributed by atoms with Gasteiger partial charge >= 0.3 is 7.82 Å². The van der Waals surface area contributed by atoms with Crippen molar-refractivity contribution in [2.45, 2.75) is 50.2 Å². The molecular weight excluding hydrogens is 393 g/mol.